The van der Waals surface area contributed by atoms with Gasteiger partial charge in [-0.2, -0.15) is 5.26 Å². The molecule has 1 aliphatic heterocycles. The molecule has 1 amide bonds. The monoisotopic (exact) mass is 426 g/mol. The van der Waals surface area contributed by atoms with Gasteiger partial charge in [0.15, 0.2) is 0 Å². The largest absolute Gasteiger partial charge is 0.315 e. The van der Waals surface area contributed by atoms with E-state index in [-0.39, 0.29) is 11.7 Å². The molecule has 4 rings (SSSR count). The summed E-state index contributed by atoms with van der Waals surface area (Å²) in [5, 5.41) is 13.3. The lowest BCUT2D eigenvalue weighted by Crippen LogP contribution is -2.48. The van der Waals surface area contributed by atoms with Gasteiger partial charge in [0.1, 0.15) is 16.9 Å². The fourth-order valence-corrected chi connectivity index (χ4v) is 5.66. The Balaban J connectivity index is 1.28. The number of halogens is 1. The second-order valence-electron chi connectivity index (χ2n) is 8.39. The van der Waals surface area contributed by atoms with Crippen molar-refractivity contribution in [2.24, 2.45) is 5.92 Å². The zero-order chi connectivity index (χ0) is 21.1. The lowest BCUT2D eigenvalue weighted by Gasteiger charge is -2.34. The van der Waals surface area contributed by atoms with E-state index in [4.69, 9.17) is 0 Å². The molecule has 2 heterocycles. The van der Waals surface area contributed by atoms with Gasteiger partial charge in [-0.1, -0.05) is 19.1 Å². The molecule has 158 valence electrons. The van der Waals surface area contributed by atoms with E-state index in [2.05, 4.69) is 28.1 Å². The van der Waals surface area contributed by atoms with Crippen LogP contribution in [0, 0.1) is 23.1 Å². The molecular formula is C23H27FN4OS. The van der Waals surface area contributed by atoms with Gasteiger partial charge in [-0.3, -0.25) is 14.6 Å². The third kappa shape index (κ3) is 4.89. The maximum atomic E-state index is 13.1. The van der Waals surface area contributed by atoms with E-state index >= 15 is 0 Å². The molecule has 0 radical (unpaired) electrons. The minimum atomic E-state index is -0.213. The van der Waals surface area contributed by atoms with Crippen molar-refractivity contribution in [2.75, 3.05) is 38.0 Å². The molecule has 1 saturated heterocycles. The van der Waals surface area contributed by atoms with E-state index < -0.39 is 0 Å². The summed E-state index contributed by atoms with van der Waals surface area (Å²) in [7, 11) is 0. The van der Waals surface area contributed by atoms with Crippen molar-refractivity contribution in [3.8, 4) is 6.07 Å². The number of amides is 1. The number of carbonyl (C=O) groups is 1. The number of nitrogens with zero attached hydrogens (tertiary/aromatic N) is 3. The average molecular weight is 427 g/mol. The molecule has 1 atom stereocenters. The molecule has 2 aromatic rings. The number of nitrogens with one attached hydrogen (secondary N) is 1. The molecule has 1 fully saturated rings. The molecule has 1 aromatic heterocycles. The molecule has 1 unspecified atom stereocenters. The van der Waals surface area contributed by atoms with E-state index in [1.807, 2.05) is 12.1 Å². The third-order valence-electron chi connectivity index (χ3n) is 6.03. The molecule has 2 aliphatic rings. The number of nitriles is 1. The van der Waals surface area contributed by atoms with E-state index in [1.54, 1.807) is 11.3 Å². The number of benzene rings is 1. The number of thiophene rings is 1. The topological polar surface area (TPSA) is 59.4 Å². The Morgan fingerprint density at radius 3 is 2.63 bits per heavy atom. The Morgan fingerprint density at radius 2 is 1.93 bits per heavy atom. The van der Waals surface area contributed by atoms with Crippen molar-refractivity contribution in [3.63, 3.8) is 0 Å². The first-order valence-corrected chi connectivity index (χ1v) is 11.4. The molecular weight excluding hydrogens is 399 g/mol. The van der Waals surface area contributed by atoms with Crippen LogP contribution in [0.15, 0.2) is 24.3 Å². The van der Waals surface area contributed by atoms with Gasteiger partial charge in [0.2, 0.25) is 5.91 Å². The summed E-state index contributed by atoms with van der Waals surface area (Å²) in [6.07, 6.45) is 3.04. The second-order valence-corrected chi connectivity index (χ2v) is 9.50. The van der Waals surface area contributed by atoms with E-state index in [1.165, 1.54) is 17.0 Å². The summed E-state index contributed by atoms with van der Waals surface area (Å²) in [6, 6.07) is 8.95. The summed E-state index contributed by atoms with van der Waals surface area (Å²) in [5.74, 6) is 0.373. The first-order valence-electron chi connectivity index (χ1n) is 10.6. The number of piperazine rings is 1. The van der Waals surface area contributed by atoms with Crippen molar-refractivity contribution < 1.29 is 9.18 Å². The summed E-state index contributed by atoms with van der Waals surface area (Å²) < 4.78 is 13.1. The van der Waals surface area contributed by atoms with Gasteiger partial charge >= 0.3 is 0 Å². The van der Waals surface area contributed by atoms with Gasteiger partial charge in [0.05, 0.1) is 12.1 Å². The van der Waals surface area contributed by atoms with Gasteiger partial charge in [-0.05, 0) is 48.4 Å². The van der Waals surface area contributed by atoms with Gasteiger partial charge in [-0.15, -0.1) is 11.3 Å². The molecule has 0 spiro atoms. The predicted octanol–water partition coefficient (Wildman–Crippen LogP) is 3.64. The Morgan fingerprint density at radius 1 is 1.23 bits per heavy atom. The Bertz CT molecular complexity index is 941. The van der Waals surface area contributed by atoms with Gasteiger partial charge in [-0.25, -0.2) is 4.39 Å². The van der Waals surface area contributed by atoms with Gasteiger partial charge < -0.3 is 5.32 Å². The number of fused-ring (bicyclic) bond motifs is 1. The van der Waals surface area contributed by atoms with E-state index in [0.29, 0.717) is 18.0 Å². The number of hydrogen-bond acceptors (Lipinski definition) is 5. The number of carbonyl (C=O) groups excluding carboxylic acids is 1. The smallest absolute Gasteiger partial charge is 0.239 e. The highest BCUT2D eigenvalue weighted by molar-refractivity contribution is 7.16. The van der Waals surface area contributed by atoms with Crippen molar-refractivity contribution in [2.45, 2.75) is 32.7 Å². The summed E-state index contributed by atoms with van der Waals surface area (Å²) in [6.45, 7) is 6.76. The summed E-state index contributed by atoms with van der Waals surface area (Å²) in [5.41, 5.74) is 2.91. The Kier molecular flexibility index (Phi) is 6.47. The fourth-order valence-electron chi connectivity index (χ4n) is 4.28. The number of hydrogen-bond donors (Lipinski definition) is 1. The summed E-state index contributed by atoms with van der Waals surface area (Å²) in [4.78, 5) is 18.4. The van der Waals surface area contributed by atoms with Gasteiger partial charge in [0, 0.05) is 37.6 Å². The summed E-state index contributed by atoms with van der Waals surface area (Å²) >= 11 is 1.58. The van der Waals surface area contributed by atoms with Crippen LogP contribution in [-0.4, -0.2) is 48.4 Å². The maximum absolute atomic E-state index is 13.1. The van der Waals surface area contributed by atoms with Crippen LogP contribution in [0.1, 0.15) is 34.9 Å². The van der Waals surface area contributed by atoms with Crippen LogP contribution in [0.3, 0.4) is 0 Å². The molecule has 0 saturated carbocycles. The molecule has 1 aromatic carbocycles. The molecule has 0 bridgehead atoms. The molecule has 5 nitrogen and oxygen atoms in total. The lowest BCUT2D eigenvalue weighted by molar-refractivity contribution is -0.117. The third-order valence-corrected chi connectivity index (χ3v) is 7.20. The van der Waals surface area contributed by atoms with Crippen LogP contribution < -0.4 is 5.32 Å². The van der Waals surface area contributed by atoms with Crippen molar-refractivity contribution in [3.05, 3.63) is 51.7 Å². The highest BCUT2D eigenvalue weighted by Gasteiger charge is 2.25. The Hall–Kier alpha value is -2.27. The normalized spacial score (nSPS) is 19.8. The van der Waals surface area contributed by atoms with E-state index in [0.717, 1.165) is 68.1 Å². The zero-order valence-electron chi connectivity index (χ0n) is 17.3. The highest BCUT2D eigenvalue weighted by Crippen LogP contribution is 2.39. The van der Waals surface area contributed by atoms with Crippen LogP contribution in [0.4, 0.5) is 9.39 Å². The minimum absolute atomic E-state index is 0.0508. The van der Waals surface area contributed by atoms with Crippen LogP contribution in [0.5, 0.6) is 0 Å². The quantitative estimate of drug-likeness (QED) is 0.793. The molecule has 7 heteroatoms. The highest BCUT2D eigenvalue weighted by atomic mass is 32.1. The van der Waals surface area contributed by atoms with Crippen molar-refractivity contribution >= 4 is 22.2 Å². The van der Waals surface area contributed by atoms with Crippen LogP contribution in [-0.2, 0) is 24.2 Å². The lowest BCUT2D eigenvalue weighted by atomic mass is 9.89. The van der Waals surface area contributed by atoms with E-state index in [9.17, 15) is 14.4 Å². The standard InChI is InChI=1S/C23H27FN4OS/c1-16-2-7-19-20(13-25)23(30-21(19)12-16)26-22(29)15-28-10-8-27(9-11-28)14-17-3-5-18(24)6-4-17/h3-6,16H,2,7-12,14-15H2,1H3,(H,26,29). The van der Waals surface area contributed by atoms with Gasteiger partial charge in [0.25, 0.3) is 0 Å². The molecule has 1 aliphatic carbocycles. The first kappa shape index (κ1) is 21.0. The average Bonchev–Trinajstić information content (AvgIpc) is 3.06. The maximum Gasteiger partial charge on any atom is 0.239 e. The van der Waals surface area contributed by atoms with Crippen molar-refractivity contribution in [1.29, 1.82) is 5.26 Å². The SMILES string of the molecule is CC1CCc2c(sc(NC(=O)CN3CCN(Cc4ccc(F)cc4)CC3)c2C#N)C1. The van der Waals surface area contributed by atoms with Crippen LogP contribution >= 0.6 is 11.3 Å². The first-order chi connectivity index (χ1) is 14.5. The van der Waals surface area contributed by atoms with Crippen LogP contribution in [0.25, 0.3) is 0 Å². The zero-order valence-corrected chi connectivity index (χ0v) is 18.1. The predicted molar refractivity (Wildman–Crippen MR) is 117 cm³/mol. The number of rotatable bonds is 5. The Labute approximate surface area is 181 Å². The molecule has 30 heavy (non-hydrogen) atoms. The van der Waals surface area contributed by atoms with Crippen molar-refractivity contribution in [1.82, 2.24) is 9.80 Å². The minimum Gasteiger partial charge on any atom is -0.315 e. The fraction of sp³-hybridized carbons (Fsp3) is 0.478. The number of anilines is 1. The second kappa shape index (κ2) is 9.25. The molecule has 1 N–H and O–H groups in total. The van der Waals surface area contributed by atoms with Crippen LogP contribution in [0.2, 0.25) is 0 Å².